The summed E-state index contributed by atoms with van der Waals surface area (Å²) in [6.07, 6.45) is 0. The van der Waals surface area contributed by atoms with Crippen LogP contribution >= 0.6 is 0 Å². The summed E-state index contributed by atoms with van der Waals surface area (Å²) < 4.78 is 0. The summed E-state index contributed by atoms with van der Waals surface area (Å²) in [7, 11) is 2.17. The number of rotatable bonds is 3. The number of benzene rings is 4. The number of fused-ring (bicyclic) bond motifs is 2. The van der Waals surface area contributed by atoms with Crippen molar-refractivity contribution >= 4 is 11.4 Å². The van der Waals surface area contributed by atoms with Gasteiger partial charge in [-0.15, -0.1) is 0 Å². The number of nitrogens with zero attached hydrogens (tertiary/aromatic N) is 1. The van der Waals surface area contributed by atoms with Crippen molar-refractivity contribution in [1.82, 2.24) is 0 Å². The first-order valence-electron chi connectivity index (χ1n) is 9.86. The van der Waals surface area contributed by atoms with E-state index < -0.39 is 0 Å². The van der Waals surface area contributed by atoms with Gasteiger partial charge < -0.3 is 4.90 Å². The van der Waals surface area contributed by atoms with E-state index in [0.717, 1.165) is 0 Å². The smallest absolute Gasteiger partial charge is 0.0447 e. The molecule has 0 N–H and O–H groups in total. The maximum Gasteiger partial charge on any atom is 0.0447 e. The van der Waals surface area contributed by atoms with Crippen molar-refractivity contribution in [2.75, 3.05) is 11.9 Å². The van der Waals surface area contributed by atoms with Gasteiger partial charge in [-0.1, -0.05) is 97.1 Å². The number of hydrogen-bond donors (Lipinski definition) is 0. The van der Waals surface area contributed by atoms with Gasteiger partial charge in [0.2, 0.25) is 0 Å². The fourth-order valence-corrected chi connectivity index (χ4v) is 4.67. The van der Waals surface area contributed by atoms with Gasteiger partial charge in [-0.25, -0.2) is 0 Å². The lowest BCUT2D eigenvalue weighted by molar-refractivity contribution is 0.684. The summed E-state index contributed by atoms with van der Waals surface area (Å²) in [5.74, 6) is 0.534. The molecule has 1 aliphatic heterocycles. The number of para-hydroxylation sites is 2. The quantitative estimate of drug-likeness (QED) is 0.391. The van der Waals surface area contributed by atoms with Crippen LogP contribution < -0.4 is 4.90 Å². The largest absolute Gasteiger partial charge is 0.344 e. The molecule has 0 atom stereocenters. The third-order valence-corrected chi connectivity index (χ3v) is 5.92. The van der Waals surface area contributed by atoms with Gasteiger partial charge in [-0.3, -0.25) is 0 Å². The van der Waals surface area contributed by atoms with Crippen molar-refractivity contribution in [2.24, 2.45) is 0 Å². The van der Waals surface area contributed by atoms with Crippen LogP contribution in [0, 0.1) is 0 Å². The first kappa shape index (κ1) is 16.8. The molecule has 0 saturated carbocycles. The molecule has 1 heteroatoms. The maximum absolute atomic E-state index is 2.33. The van der Waals surface area contributed by atoms with Gasteiger partial charge >= 0.3 is 0 Å². The Morgan fingerprint density at radius 1 is 0.536 bits per heavy atom. The van der Waals surface area contributed by atoms with Crippen molar-refractivity contribution < 1.29 is 0 Å². The highest BCUT2D eigenvalue weighted by atomic mass is 15.1. The lowest BCUT2D eigenvalue weighted by atomic mass is 9.71. The Morgan fingerprint density at radius 3 is 1.39 bits per heavy atom. The summed E-state index contributed by atoms with van der Waals surface area (Å²) in [4.78, 5) is 2.33. The van der Waals surface area contributed by atoms with Gasteiger partial charge in [-0.2, -0.15) is 0 Å². The van der Waals surface area contributed by atoms with Crippen molar-refractivity contribution in [3.05, 3.63) is 131 Å². The molecule has 0 unspecified atom stereocenters. The molecule has 1 nitrogen and oxygen atoms in total. The van der Waals surface area contributed by atoms with E-state index in [1.807, 2.05) is 0 Å². The van der Waals surface area contributed by atoms with Crippen LogP contribution in [-0.2, 0) is 0 Å². The van der Waals surface area contributed by atoms with Gasteiger partial charge in [0.15, 0.2) is 0 Å². The van der Waals surface area contributed by atoms with E-state index in [9.17, 15) is 0 Å². The van der Waals surface area contributed by atoms with E-state index in [0.29, 0.717) is 0 Å². The molecule has 0 bridgehead atoms. The molecule has 4 aromatic carbocycles. The van der Waals surface area contributed by atoms with Crippen LogP contribution in [0.5, 0.6) is 0 Å². The predicted molar refractivity (Wildman–Crippen MR) is 118 cm³/mol. The van der Waals surface area contributed by atoms with Crippen LogP contribution in [0.4, 0.5) is 11.4 Å². The second kappa shape index (κ2) is 7.01. The first-order chi connectivity index (χ1) is 13.8. The predicted octanol–water partition coefficient (Wildman–Crippen LogP) is 6.73. The van der Waals surface area contributed by atoms with Crippen LogP contribution in [0.25, 0.3) is 0 Å². The Labute approximate surface area is 166 Å². The molecule has 5 rings (SSSR count). The molecule has 1 aliphatic rings. The molecule has 136 valence electrons. The molecule has 1 heterocycles. The average molecular weight is 361 g/mol. The van der Waals surface area contributed by atoms with Crippen LogP contribution in [0.1, 0.15) is 34.1 Å². The number of hydrogen-bond acceptors (Lipinski definition) is 1. The zero-order valence-corrected chi connectivity index (χ0v) is 16.0. The van der Waals surface area contributed by atoms with Crippen molar-refractivity contribution in [3.63, 3.8) is 0 Å². The first-order valence-corrected chi connectivity index (χ1v) is 9.86. The lowest BCUT2D eigenvalue weighted by Gasteiger charge is -2.39. The topological polar surface area (TPSA) is 3.24 Å². The molecule has 0 fully saturated rings. The summed E-state index contributed by atoms with van der Waals surface area (Å²) in [6, 6.07) is 39.6. The van der Waals surface area contributed by atoms with Gasteiger partial charge in [-0.05, 0) is 34.4 Å². The summed E-state index contributed by atoms with van der Waals surface area (Å²) in [5.41, 5.74) is 8.08. The summed E-state index contributed by atoms with van der Waals surface area (Å²) in [5, 5.41) is 0. The maximum atomic E-state index is 2.33. The zero-order valence-electron chi connectivity index (χ0n) is 16.0. The van der Waals surface area contributed by atoms with Gasteiger partial charge in [0.1, 0.15) is 0 Å². The van der Waals surface area contributed by atoms with Crippen molar-refractivity contribution in [1.29, 1.82) is 0 Å². The second-order valence-corrected chi connectivity index (χ2v) is 7.45. The Bertz CT molecular complexity index is 998. The minimum atomic E-state index is 0.262. The van der Waals surface area contributed by atoms with Crippen molar-refractivity contribution in [2.45, 2.75) is 11.8 Å². The van der Waals surface area contributed by atoms with E-state index in [4.69, 9.17) is 0 Å². The Balaban J connectivity index is 1.79. The van der Waals surface area contributed by atoms with Gasteiger partial charge in [0.25, 0.3) is 0 Å². The van der Waals surface area contributed by atoms with E-state index in [-0.39, 0.29) is 11.8 Å². The molecule has 4 aromatic rings. The van der Waals surface area contributed by atoms with E-state index in [1.54, 1.807) is 0 Å². The van der Waals surface area contributed by atoms with Crippen LogP contribution in [0.15, 0.2) is 109 Å². The monoisotopic (exact) mass is 361 g/mol. The van der Waals surface area contributed by atoms with E-state index >= 15 is 0 Å². The number of anilines is 2. The molecule has 0 aliphatic carbocycles. The lowest BCUT2D eigenvalue weighted by Crippen LogP contribution is -2.25. The van der Waals surface area contributed by atoms with Crippen LogP contribution in [0.2, 0.25) is 0 Å². The molecular weight excluding hydrogens is 338 g/mol. The Morgan fingerprint density at radius 2 is 0.929 bits per heavy atom. The van der Waals surface area contributed by atoms with Gasteiger partial charge in [0.05, 0.1) is 0 Å². The standard InChI is InChI=1S/C27H23N/c1-28-24-18-10-8-16-22(24)27(23-17-9-11-19-25(23)28)26(20-12-4-2-5-13-20)21-14-6-3-7-15-21/h2-19,26-27H,1H3. The zero-order chi connectivity index (χ0) is 18.9. The van der Waals surface area contributed by atoms with E-state index in [2.05, 4.69) is 121 Å². The second-order valence-electron chi connectivity index (χ2n) is 7.45. The minimum absolute atomic E-state index is 0.262. The Hall–Kier alpha value is -3.32. The fraction of sp³-hybridized carbons (Fsp3) is 0.111. The van der Waals surface area contributed by atoms with E-state index in [1.165, 1.54) is 33.6 Å². The van der Waals surface area contributed by atoms with Gasteiger partial charge in [0, 0.05) is 30.3 Å². The molecular formula is C27H23N. The highest BCUT2D eigenvalue weighted by molar-refractivity contribution is 5.76. The highest BCUT2D eigenvalue weighted by Gasteiger charge is 2.35. The SMILES string of the molecule is CN1c2ccccc2C(C(c2ccccc2)c2ccccc2)c2ccccc21. The summed E-state index contributed by atoms with van der Waals surface area (Å²) in [6.45, 7) is 0. The van der Waals surface area contributed by atoms with Crippen molar-refractivity contribution in [3.8, 4) is 0 Å². The molecule has 0 aromatic heterocycles. The minimum Gasteiger partial charge on any atom is -0.344 e. The van der Waals surface area contributed by atoms with Crippen LogP contribution in [0.3, 0.4) is 0 Å². The molecule has 28 heavy (non-hydrogen) atoms. The average Bonchev–Trinajstić information content (AvgIpc) is 2.78. The normalized spacial score (nSPS) is 13.3. The van der Waals surface area contributed by atoms with Crippen LogP contribution in [-0.4, -0.2) is 7.05 Å². The fourth-order valence-electron chi connectivity index (χ4n) is 4.67. The molecule has 0 spiro atoms. The Kier molecular flexibility index (Phi) is 4.21. The third-order valence-electron chi connectivity index (χ3n) is 5.92. The third kappa shape index (κ3) is 2.71. The summed E-state index contributed by atoms with van der Waals surface area (Å²) >= 11 is 0. The molecule has 0 radical (unpaired) electrons. The highest BCUT2D eigenvalue weighted by Crippen LogP contribution is 2.52. The molecule has 0 amide bonds. The molecule has 0 saturated heterocycles.